The summed E-state index contributed by atoms with van der Waals surface area (Å²) in [6.45, 7) is 7.47. The van der Waals surface area contributed by atoms with E-state index in [2.05, 4.69) is 0 Å². The number of rotatable bonds is 8. The molecule has 0 radical (unpaired) electrons. The number of carboxylic acid groups (broad SMARTS) is 2. The van der Waals surface area contributed by atoms with Crippen molar-refractivity contribution in [1.82, 2.24) is 0 Å². The SMILES string of the molecule is CC(C)CC(=O)CC(=O)[O-].CC(C)CC(=O)CC(=O)[O-].[Zr+2]. The Kier molecular flexibility index (Phi) is 16.9. The zero-order valence-electron chi connectivity index (χ0n) is 12.9. The molecule has 0 aliphatic carbocycles. The minimum Gasteiger partial charge on any atom is -0.550 e. The number of ketones is 2. The molecule has 0 aromatic rings. The van der Waals surface area contributed by atoms with Crippen molar-refractivity contribution in [2.45, 2.75) is 53.4 Å². The summed E-state index contributed by atoms with van der Waals surface area (Å²) in [5.41, 5.74) is 0. The minimum atomic E-state index is -1.29. The molecular weight excluding hydrogens is 355 g/mol. The van der Waals surface area contributed by atoms with E-state index in [1.807, 2.05) is 27.7 Å². The van der Waals surface area contributed by atoms with E-state index >= 15 is 0 Å². The van der Waals surface area contributed by atoms with Gasteiger partial charge in [0.25, 0.3) is 0 Å². The van der Waals surface area contributed by atoms with E-state index in [4.69, 9.17) is 0 Å². The number of carboxylic acids is 2. The molecule has 0 aliphatic rings. The number of hydrogen-bond donors (Lipinski definition) is 0. The van der Waals surface area contributed by atoms with Crippen LogP contribution in [-0.4, -0.2) is 23.5 Å². The zero-order chi connectivity index (χ0) is 16.3. The maximum absolute atomic E-state index is 10.6. The summed E-state index contributed by atoms with van der Waals surface area (Å²) < 4.78 is 0. The maximum Gasteiger partial charge on any atom is 2.00 e. The minimum absolute atomic E-state index is 0. The summed E-state index contributed by atoms with van der Waals surface area (Å²) in [6, 6.07) is 0. The first-order chi connectivity index (χ1) is 9.04. The average molecular weight is 378 g/mol. The molecule has 0 unspecified atom stereocenters. The van der Waals surface area contributed by atoms with Gasteiger partial charge in [-0.1, -0.05) is 27.7 Å². The summed E-state index contributed by atoms with van der Waals surface area (Å²) in [4.78, 5) is 41.0. The molecule has 0 amide bonds. The van der Waals surface area contributed by atoms with Gasteiger partial charge in [-0.15, -0.1) is 0 Å². The van der Waals surface area contributed by atoms with Crippen LogP contribution in [0.15, 0.2) is 0 Å². The van der Waals surface area contributed by atoms with E-state index in [9.17, 15) is 29.4 Å². The first kappa shape index (κ1) is 25.1. The Labute approximate surface area is 144 Å². The van der Waals surface area contributed by atoms with Crippen LogP contribution in [0.1, 0.15) is 53.4 Å². The molecule has 118 valence electrons. The van der Waals surface area contributed by atoms with E-state index in [1.54, 1.807) is 0 Å². The van der Waals surface area contributed by atoms with Gasteiger partial charge in [0.2, 0.25) is 0 Å². The topological polar surface area (TPSA) is 114 Å². The van der Waals surface area contributed by atoms with Crippen LogP contribution in [-0.2, 0) is 45.4 Å². The van der Waals surface area contributed by atoms with Crippen LogP contribution < -0.4 is 10.2 Å². The smallest absolute Gasteiger partial charge is 0.550 e. The Hall–Kier alpha value is -0.837. The van der Waals surface area contributed by atoms with E-state index in [1.165, 1.54) is 0 Å². The van der Waals surface area contributed by atoms with Crippen molar-refractivity contribution in [3.8, 4) is 0 Å². The molecule has 0 bridgehead atoms. The molecule has 6 nitrogen and oxygen atoms in total. The molecule has 0 aromatic heterocycles. The van der Waals surface area contributed by atoms with Crippen molar-refractivity contribution in [1.29, 1.82) is 0 Å². The fourth-order valence-corrected chi connectivity index (χ4v) is 1.38. The fraction of sp³-hybridized carbons (Fsp3) is 0.714. The van der Waals surface area contributed by atoms with E-state index in [0.29, 0.717) is 12.8 Å². The third-order valence-corrected chi connectivity index (χ3v) is 1.95. The number of carbonyl (C=O) groups is 4. The van der Waals surface area contributed by atoms with Gasteiger partial charge in [-0.05, 0) is 11.8 Å². The Morgan fingerprint density at radius 2 is 0.952 bits per heavy atom. The van der Waals surface area contributed by atoms with Crippen LogP contribution in [0.3, 0.4) is 0 Å². The van der Waals surface area contributed by atoms with Crippen molar-refractivity contribution in [3.63, 3.8) is 0 Å². The van der Waals surface area contributed by atoms with Gasteiger partial charge in [-0.3, -0.25) is 9.59 Å². The largest absolute Gasteiger partial charge is 2.00 e. The molecule has 0 aromatic carbocycles. The van der Waals surface area contributed by atoms with Crippen LogP contribution in [0.4, 0.5) is 0 Å². The Morgan fingerprint density at radius 3 is 1.10 bits per heavy atom. The molecule has 7 heteroatoms. The van der Waals surface area contributed by atoms with Gasteiger partial charge < -0.3 is 19.8 Å². The summed E-state index contributed by atoms with van der Waals surface area (Å²) in [5.74, 6) is -2.62. The first-order valence-electron chi connectivity index (χ1n) is 6.47. The molecule has 0 saturated heterocycles. The molecule has 0 rings (SSSR count). The van der Waals surface area contributed by atoms with Gasteiger partial charge in [0, 0.05) is 37.6 Å². The van der Waals surface area contributed by atoms with Crippen molar-refractivity contribution >= 4 is 23.5 Å². The molecule has 0 heterocycles. The number of aliphatic carboxylic acids is 2. The summed E-state index contributed by atoms with van der Waals surface area (Å²) in [7, 11) is 0. The first-order valence-corrected chi connectivity index (χ1v) is 6.47. The Morgan fingerprint density at radius 1 is 0.714 bits per heavy atom. The molecule has 0 fully saturated rings. The third kappa shape index (κ3) is 24.6. The van der Waals surface area contributed by atoms with E-state index < -0.39 is 24.8 Å². The quantitative estimate of drug-likeness (QED) is 0.526. The molecule has 21 heavy (non-hydrogen) atoms. The number of carbonyl (C=O) groups excluding carboxylic acids is 4. The fourth-order valence-electron chi connectivity index (χ4n) is 1.38. The average Bonchev–Trinajstić information content (AvgIpc) is 2.11. The van der Waals surface area contributed by atoms with Crippen LogP contribution in [0.2, 0.25) is 0 Å². The van der Waals surface area contributed by atoms with Gasteiger partial charge in [-0.2, -0.15) is 0 Å². The summed E-state index contributed by atoms with van der Waals surface area (Å²) in [6.07, 6.45) is -0.238. The zero-order valence-corrected chi connectivity index (χ0v) is 15.4. The van der Waals surface area contributed by atoms with E-state index in [0.717, 1.165) is 0 Å². The van der Waals surface area contributed by atoms with Crippen molar-refractivity contribution in [3.05, 3.63) is 0 Å². The normalized spacial score (nSPS) is 9.43. The molecule has 0 aliphatic heterocycles. The molecule has 0 spiro atoms. The van der Waals surface area contributed by atoms with Crippen molar-refractivity contribution < 1.29 is 55.6 Å². The van der Waals surface area contributed by atoms with Crippen LogP contribution in [0.5, 0.6) is 0 Å². The molecule has 0 atom stereocenters. The van der Waals surface area contributed by atoms with Crippen LogP contribution in [0, 0.1) is 11.8 Å². The second-order valence-electron chi connectivity index (χ2n) is 5.37. The second kappa shape index (κ2) is 14.1. The molecule has 0 saturated carbocycles. The predicted molar refractivity (Wildman–Crippen MR) is 68.2 cm³/mol. The van der Waals surface area contributed by atoms with Gasteiger partial charge >= 0.3 is 26.2 Å². The van der Waals surface area contributed by atoms with Crippen molar-refractivity contribution in [2.24, 2.45) is 11.8 Å². The second-order valence-corrected chi connectivity index (χ2v) is 5.37. The number of Topliss-reactive ketones (excluding diaryl/α,β-unsaturated/α-hetero) is 2. The standard InChI is InChI=1S/2C7H12O3.Zr/c2*1-5(2)3-6(8)4-7(9)10;/h2*5H,3-4H2,1-2H3,(H,9,10);/q;;+2/p-2. The molecular formula is C14H22O6Zr. The van der Waals surface area contributed by atoms with Gasteiger partial charge in [0.15, 0.2) is 0 Å². The molecule has 0 N–H and O–H groups in total. The van der Waals surface area contributed by atoms with Crippen LogP contribution >= 0.6 is 0 Å². The van der Waals surface area contributed by atoms with Gasteiger partial charge in [0.05, 0.1) is 0 Å². The maximum atomic E-state index is 10.6. The Balaban J connectivity index is -0.000000295. The summed E-state index contributed by atoms with van der Waals surface area (Å²) in [5, 5.41) is 19.7. The number of hydrogen-bond acceptors (Lipinski definition) is 6. The van der Waals surface area contributed by atoms with Gasteiger partial charge in [-0.25, -0.2) is 0 Å². The third-order valence-electron chi connectivity index (χ3n) is 1.95. The predicted octanol–water partition coefficient (Wildman–Crippen LogP) is -0.519. The summed E-state index contributed by atoms with van der Waals surface area (Å²) >= 11 is 0. The Bertz CT molecular complexity index is 315. The van der Waals surface area contributed by atoms with E-state index in [-0.39, 0.29) is 49.6 Å². The van der Waals surface area contributed by atoms with Gasteiger partial charge in [0.1, 0.15) is 11.6 Å². The monoisotopic (exact) mass is 376 g/mol. The van der Waals surface area contributed by atoms with Crippen molar-refractivity contribution in [2.75, 3.05) is 0 Å². The van der Waals surface area contributed by atoms with Crippen LogP contribution in [0.25, 0.3) is 0 Å².